The molecule has 0 saturated heterocycles. The Bertz CT molecular complexity index is 616. The number of nitrogens with zero attached hydrogens (tertiary/aromatic N) is 3. The average molecular weight is 296 g/mol. The first kappa shape index (κ1) is 13.6. The van der Waals surface area contributed by atoms with Crippen molar-refractivity contribution in [3.05, 3.63) is 11.6 Å². The van der Waals surface area contributed by atoms with Crippen molar-refractivity contribution in [2.75, 3.05) is 11.9 Å². The standard InChI is InChI=1S/C13H18ClN5O/c1-8-3-2-4-13(5-8,6-20)19-11-9-10(16-7-15-9)17-12(14)18-11/h7-8,20H,2-6H2,1H3,(H2,15,16,17,18,19). The Balaban J connectivity index is 1.96. The first-order valence-electron chi connectivity index (χ1n) is 6.87. The van der Waals surface area contributed by atoms with E-state index in [9.17, 15) is 5.11 Å². The molecule has 0 radical (unpaired) electrons. The Labute approximate surface area is 122 Å². The molecule has 1 saturated carbocycles. The molecule has 0 spiro atoms. The molecule has 0 bridgehead atoms. The van der Waals surface area contributed by atoms with Gasteiger partial charge in [0.15, 0.2) is 11.5 Å². The second kappa shape index (κ2) is 5.18. The maximum absolute atomic E-state index is 9.85. The second-order valence-electron chi connectivity index (χ2n) is 5.71. The zero-order chi connectivity index (χ0) is 14.2. The molecule has 2 aromatic heterocycles. The van der Waals surface area contributed by atoms with E-state index < -0.39 is 0 Å². The monoisotopic (exact) mass is 295 g/mol. The highest BCUT2D eigenvalue weighted by atomic mass is 35.5. The topological polar surface area (TPSA) is 86.7 Å². The van der Waals surface area contributed by atoms with Crippen LogP contribution in [-0.2, 0) is 0 Å². The minimum atomic E-state index is -0.340. The number of hydrogen-bond donors (Lipinski definition) is 3. The Morgan fingerprint density at radius 2 is 2.40 bits per heavy atom. The predicted molar refractivity (Wildman–Crippen MR) is 77.8 cm³/mol. The van der Waals surface area contributed by atoms with Crippen LogP contribution in [0.4, 0.5) is 5.82 Å². The lowest BCUT2D eigenvalue weighted by molar-refractivity contribution is 0.149. The summed E-state index contributed by atoms with van der Waals surface area (Å²) >= 11 is 5.94. The number of hydrogen-bond acceptors (Lipinski definition) is 5. The van der Waals surface area contributed by atoms with E-state index in [1.54, 1.807) is 6.33 Å². The minimum absolute atomic E-state index is 0.0780. The van der Waals surface area contributed by atoms with Crippen molar-refractivity contribution in [2.45, 2.75) is 38.1 Å². The van der Waals surface area contributed by atoms with Gasteiger partial charge in [0, 0.05) is 0 Å². The SMILES string of the molecule is CC1CCCC(CO)(Nc2nc(Cl)nc3nc[nH]c23)C1. The number of imidazole rings is 1. The molecule has 0 aromatic carbocycles. The van der Waals surface area contributed by atoms with Gasteiger partial charge in [0.25, 0.3) is 0 Å². The van der Waals surface area contributed by atoms with Crippen molar-refractivity contribution in [1.82, 2.24) is 19.9 Å². The van der Waals surface area contributed by atoms with Crippen LogP contribution in [0.3, 0.4) is 0 Å². The lowest BCUT2D eigenvalue weighted by Gasteiger charge is -2.39. The van der Waals surface area contributed by atoms with Gasteiger partial charge < -0.3 is 15.4 Å². The summed E-state index contributed by atoms with van der Waals surface area (Å²) in [7, 11) is 0. The number of aliphatic hydroxyl groups is 1. The summed E-state index contributed by atoms with van der Waals surface area (Å²) in [4.78, 5) is 15.4. The number of fused-ring (bicyclic) bond motifs is 1. The van der Waals surface area contributed by atoms with Gasteiger partial charge in [-0.2, -0.15) is 9.97 Å². The van der Waals surface area contributed by atoms with Gasteiger partial charge >= 0.3 is 0 Å². The zero-order valence-corrected chi connectivity index (χ0v) is 12.1. The summed E-state index contributed by atoms with van der Waals surface area (Å²) in [6, 6.07) is 0. The molecular weight excluding hydrogens is 278 g/mol. The molecule has 2 heterocycles. The Kier molecular flexibility index (Phi) is 3.52. The molecule has 3 rings (SSSR count). The fourth-order valence-corrected chi connectivity index (χ4v) is 3.27. The fraction of sp³-hybridized carbons (Fsp3) is 0.615. The lowest BCUT2D eigenvalue weighted by Crippen LogP contribution is -2.46. The van der Waals surface area contributed by atoms with Crippen molar-refractivity contribution < 1.29 is 5.11 Å². The molecule has 20 heavy (non-hydrogen) atoms. The highest BCUT2D eigenvalue weighted by Crippen LogP contribution is 2.35. The summed E-state index contributed by atoms with van der Waals surface area (Å²) in [6.07, 6.45) is 5.70. The third-order valence-corrected chi connectivity index (χ3v) is 4.21. The lowest BCUT2D eigenvalue weighted by atomic mass is 9.77. The van der Waals surface area contributed by atoms with Gasteiger partial charge in [0.2, 0.25) is 5.28 Å². The van der Waals surface area contributed by atoms with Crippen LogP contribution in [0.2, 0.25) is 5.28 Å². The third kappa shape index (κ3) is 2.45. The van der Waals surface area contributed by atoms with Crippen LogP contribution in [0.1, 0.15) is 32.6 Å². The fourth-order valence-electron chi connectivity index (χ4n) is 3.10. The molecule has 2 atom stereocenters. The molecule has 1 fully saturated rings. The van der Waals surface area contributed by atoms with Crippen molar-refractivity contribution in [3.63, 3.8) is 0 Å². The number of aliphatic hydroxyl groups excluding tert-OH is 1. The summed E-state index contributed by atoms with van der Waals surface area (Å²) in [5, 5.41) is 13.4. The largest absolute Gasteiger partial charge is 0.394 e. The van der Waals surface area contributed by atoms with Gasteiger partial charge in [-0.1, -0.05) is 19.8 Å². The van der Waals surface area contributed by atoms with Gasteiger partial charge in [0.05, 0.1) is 18.5 Å². The maximum atomic E-state index is 9.85. The van der Waals surface area contributed by atoms with E-state index in [0.29, 0.717) is 17.4 Å². The van der Waals surface area contributed by atoms with E-state index in [4.69, 9.17) is 11.6 Å². The minimum Gasteiger partial charge on any atom is -0.394 e. The van der Waals surface area contributed by atoms with E-state index in [1.807, 2.05) is 0 Å². The van der Waals surface area contributed by atoms with Crippen LogP contribution in [0.25, 0.3) is 11.2 Å². The van der Waals surface area contributed by atoms with E-state index >= 15 is 0 Å². The van der Waals surface area contributed by atoms with E-state index in [1.165, 1.54) is 6.42 Å². The molecule has 6 nitrogen and oxygen atoms in total. The Morgan fingerprint density at radius 1 is 1.55 bits per heavy atom. The molecule has 2 unspecified atom stereocenters. The van der Waals surface area contributed by atoms with Crippen molar-refractivity contribution >= 4 is 28.6 Å². The molecular formula is C13H18ClN5O. The van der Waals surface area contributed by atoms with Gasteiger partial charge in [-0.15, -0.1) is 0 Å². The quantitative estimate of drug-likeness (QED) is 0.757. The number of aromatic amines is 1. The second-order valence-corrected chi connectivity index (χ2v) is 6.05. The van der Waals surface area contributed by atoms with Crippen molar-refractivity contribution in [3.8, 4) is 0 Å². The van der Waals surface area contributed by atoms with E-state index in [0.717, 1.165) is 24.8 Å². The first-order chi connectivity index (χ1) is 9.62. The van der Waals surface area contributed by atoms with Gasteiger partial charge in [-0.05, 0) is 30.4 Å². The predicted octanol–water partition coefficient (Wildman–Crippen LogP) is 2.36. The number of anilines is 1. The van der Waals surface area contributed by atoms with Crippen LogP contribution in [0, 0.1) is 5.92 Å². The highest BCUT2D eigenvalue weighted by Gasteiger charge is 2.35. The summed E-state index contributed by atoms with van der Waals surface area (Å²) in [5.74, 6) is 1.19. The normalized spacial score (nSPS) is 26.9. The molecule has 3 N–H and O–H groups in total. The number of H-pyrrole nitrogens is 1. The first-order valence-corrected chi connectivity index (χ1v) is 7.25. The molecule has 0 amide bonds. The van der Waals surface area contributed by atoms with Gasteiger partial charge in [-0.25, -0.2) is 4.98 Å². The molecule has 0 aliphatic heterocycles. The molecule has 108 valence electrons. The molecule has 2 aromatic rings. The zero-order valence-electron chi connectivity index (χ0n) is 11.4. The number of halogens is 1. The smallest absolute Gasteiger partial charge is 0.226 e. The molecule has 7 heteroatoms. The Morgan fingerprint density at radius 3 is 3.15 bits per heavy atom. The van der Waals surface area contributed by atoms with Crippen LogP contribution in [-0.4, -0.2) is 37.2 Å². The summed E-state index contributed by atoms with van der Waals surface area (Å²) in [5.41, 5.74) is 0.915. The number of rotatable bonds is 3. The van der Waals surface area contributed by atoms with Crippen LogP contribution in [0.5, 0.6) is 0 Å². The maximum Gasteiger partial charge on any atom is 0.226 e. The van der Waals surface area contributed by atoms with Crippen molar-refractivity contribution in [1.29, 1.82) is 0 Å². The summed E-state index contributed by atoms with van der Waals surface area (Å²) in [6.45, 7) is 2.29. The van der Waals surface area contributed by atoms with Crippen LogP contribution < -0.4 is 5.32 Å². The Hall–Kier alpha value is -1.40. The van der Waals surface area contributed by atoms with Gasteiger partial charge in [-0.3, -0.25) is 0 Å². The average Bonchev–Trinajstić information content (AvgIpc) is 2.87. The van der Waals surface area contributed by atoms with Crippen LogP contribution in [0.15, 0.2) is 6.33 Å². The molecule has 1 aliphatic rings. The van der Waals surface area contributed by atoms with Crippen molar-refractivity contribution in [2.24, 2.45) is 5.92 Å². The number of aromatic nitrogens is 4. The van der Waals surface area contributed by atoms with Gasteiger partial charge in [0.1, 0.15) is 5.52 Å². The number of nitrogens with one attached hydrogen (secondary N) is 2. The third-order valence-electron chi connectivity index (χ3n) is 4.04. The summed E-state index contributed by atoms with van der Waals surface area (Å²) < 4.78 is 0. The van der Waals surface area contributed by atoms with E-state index in [-0.39, 0.29) is 17.4 Å². The highest BCUT2D eigenvalue weighted by molar-refractivity contribution is 6.28. The molecule has 1 aliphatic carbocycles. The van der Waals surface area contributed by atoms with Crippen LogP contribution >= 0.6 is 11.6 Å². The van der Waals surface area contributed by atoms with E-state index in [2.05, 4.69) is 32.2 Å².